The van der Waals surface area contributed by atoms with Crippen molar-refractivity contribution in [3.05, 3.63) is 71.8 Å². The average Bonchev–Trinajstić information content (AvgIpc) is 2.82. The Balaban J connectivity index is 1.68. The Morgan fingerprint density at radius 3 is 1.12 bits per heavy atom. The van der Waals surface area contributed by atoms with Gasteiger partial charge in [-0.3, -0.25) is 9.80 Å². The van der Waals surface area contributed by atoms with E-state index in [4.69, 9.17) is 0 Å². The summed E-state index contributed by atoms with van der Waals surface area (Å²) < 4.78 is 0. The zero-order valence-electron chi connectivity index (χ0n) is 21.0. The summed E-state index contributed by atoms with van der Waals surface area (Å²) in [6.07, 6.45) is 13.3. The summed E-state index contributed by atoms with van der Waals surface area (Å²) in [5.74, 6) is 0. The van der Waals surface area contributed by atoms with Crippen molar-refractivity contribution in [1.82, 2.24) is 9.80 Å². The van der Waals surface area contributed by atoms with Gasteiger partial charge in [-0.25, -0.2) is 0 Å². The SMILES string of the molecule is CCCCCN(CCCCCCN(CCCCC)Cc1ccccc1)Cc1ccccc1. The molecular weight excluding hydrogens is 388 g/mol. The van der Waals surface area contributed by atoms with Gasteiger partial charge in [-0.05, 0) is 63.0 Å². The summed E-state index contributed by atoms with van der Waals surface area (Å²) in [6.45, 7) is 11.8. The summed E-state index contributed by atoms with van der Waals surface area (Å²) in [5, 5.41) is 0. The Hall–Kier alpha value is -1.64. The van der Waals surface area contributed by atoms with Gasteiger partial charge in [-0.15, -0.1) is 0 Å². The molecule has 0 saturated heterocycles. The predicted molar refractivity (Wildman–Crippen MR) is 141 cm³/mol. The molecule has 0 fully saturated rings. The molecule has 0 N–H and O–H groups in total. The van der Waals surface area contributed by atoms with Gasteiger partial charge in [0.2, 0.25) is 0 Å². The molecule has 2 nitrogen and oxygen atoms in total. The van der Waals surface area contributed by atoms with Crippen LogP contribution in [0.1, 0.15) is 89.2 Å². The minimum Gasteiger partial charge on any atom is -0.299 e. The lowest BCUT2D eigenvalue weighted by Gasteiger charge is -2.23. The van der Waals surface area contributed by atoms with Gasteiger partial charge in [0.15, 0.2) is 0 Å². The van der Waals surface area contributed by atoms with E-state index in [9.17, 15) is 0 Å². The third-order valence-electron chi connectivity index (χ3n) is 6.35. The zero-order valence-corrected chi connectivity index (χ0v) is 21.0. The Bertz CT molecular complexity index is 596. The summed E-state index contributed by atoms with van der Waals surface area (Å²) in [4.78, 5) is 5.36. The van der Waals surface area contributed by atoms with Crippen molar-refractivity contribution in [2.45, 2.75) is 91.1 Å². The van der Waals surface area contributed by atoms with Gasteiger partial charge in [-0.2, -0.15) is 0 Å². The van der Waals surface area contributed by atoms with Gasteiger partial charge in [0.1, 0.15) is 0 Å². The van der Waals surface area contributed by atoms with E-state index in [2.05, 4.69) is 84.3 Å². The number of unbranched alkanes of at least 4 members (excludes halogenated alkanes) is 7. The first-order valence-electron chi connectivity index (χ1n) is 13.3. The molecule has 0 atom stereocenters. The van der Waals surface area contributed by atoms with Crippen LogP contribution in [-0.4, -0.2) is 36.0 Å². The van der Waals surface area contributed by atoms with Gasteiger partial charge < -0.3 is 0 Å². The van der Waals surface area contributed by atoms with Crippen molar-refractivity contribution in [1.29, 1.82) is 0 Å². The summed E-state index contributed by atoms with van der Waals surface area (Å²) in [6, 6.07) is 22.0. The van der Waals surface area contributed by atoms with Crippen LogP contribution in [0.25, 0.3) is 0 Å². The molecule has 0 bridgehead atoms. The molecule has 0 saturated carbocycles. The molecule has 2 aromatic rings. The maximum atomic E-state index is 2.68. The van der Waals surface area contributed by atoms with Crippen molar-refractivity contribution < 1.29 is 0 Å². The molecule has 32 heavy (non-hydrogen) atoms. The first-order valence-corrected chi connectivity index (χ1v) is 13.3. The number of hydrogen-bond donors (Lipinski definition) is 0. The van der Waals surface area contributed by atoms with Crippen LogP contribution < -0.4 is 0 Å². The van der Waals surface area contributed by atoms with Crippen LogP contribution in [0, 0.1) is 0 Å². The first-order chi connectivity index (χ1) is 15.8. The van der Waals surface area contributed by atoms with Crippen LogP contribution >= 0.6 is 0 Å². The fourth-order valence-electron chi connectivity index (χ4n) is 4.42. The molecule has 2 rings (SSSR count). The topological polar surface area (TPSA) is 6.48 Å². The standard InChI is InChI=1S/C30H48N2/c1-3-5-15-23-31(27-29-19-11-9-12-20-29)25-17-7-8-18-26-32(24-16-6-4-2)28-30-21-13-10-14-22-30/h9-14,19-22H,3-8,15-18,23-28H2,1-2H3. The highest BCUT2D eigenvalue weighted by Gasteiger charge is 2.08. The second-order valence-corrected chi connectivity index (χ2v) is 9.35. The summed E-state index contributed by atoms with van der Waals surface area (Å²) in [7, 11) is 0. The lowest BCUT2D eigenvalue weighted by molar-refractivity contribution is 0.243. The van der Waals surface area contributed by atoms with E-state index in [1.165, 1.54) is 102 Å². The van der Waals surface area contributed by atoms with E-state index in [0.717, 1.165) is 13.1 Å². The molecule has 0 spiro atoms. The molecule has 0 heterocycles. The maximum Gasteiger partial charge on any atom is 0.0233 e. The minimum absolute atomic E-state index is 1.10. The first kappa shape index (κ1) is 26.6. The van der Waals surface area contributed by atoms with Gasteiger partial charge >= 0.3 is 0 Å². The van der Waals surface area contributed by atoms with Crippen LogP contribution in [0.3, 0.4) is 0 Å². The van der Waals surface area contributed by atoms with Crippen molar-refractivity contribution >= 4 is 0 Å². The molecule has 0 aliphatic heterocycles. The number of rotatable bonds is 19. The number of nitrogens with zero attached hydrogens (tertiary/aromatic N) is 2. The molecule has 2 heteroatoms. The fourth-order valence-corrected chi connectivity index (χ4v) is 4.42. The highest BCUT2D eigenvalue weighted by Crippen LogP contribution is 2.12. The third kappa shape index (κ3) is 12.4. The van der Waals surface area contributed by atoms with E-state index in [1.54, 1.807) is 0 Å². The highest BCUT2D eigenvalue weighted by molar-refractivity contribution is 5.15. The van der Waals surface area contributed by atoms with Crippen molar-refractivity contribution in [2.24, 2.45) is 0 Å². The van der Waals surface area contributed by atoms with E-state index >= 15 is 0 Å². The molecule has 0 amide bonds. The number of hydrogen-bond acceptors (Lipinski definition) is 2. The van der Waals surface area contributed by atoms with Crippen LogP contribution in [0.2, 0.25) is 0 Å². The number of benzene rings is 2. The normalized spacial score (nSPS) is 11.5. The molecule has 0 aliphatic carbocycles. The van der Waals surface area contributed by atoms with Gasteiger partial charge in [0, 0.05) is 13.1 Å². The van der Waals surface area contributed by atoms with Crippen LogP contribution in [0.4, 0.5) is 0 Å². The van der Waals surface area contributed by atoms with Crippen molar-refractivity contribution in [3.63, 3.8) is 0 Å². The van der Waals surface area contributed by atoms with Gasteiger partial charge in [-0.1, -0.05) is 113 Å². The molecule has 0 aliphatic rings. The summed E-state index contributed by atoms with van der Waals surface area (Å²) >= 11 is 0. The second kappa shape index (κ2) is 17.9. The second-order valence-electron chi connectivity index (χ2n) is 9.35. The zero-order chi connectivity index (χ0) is 22.7. The smallest absolute Gasteiger partial charge is 0.0233 e. The molecule has 178 valence electrons. The largest absolute Gasteiger partial charge is 0.299 e. The highest BCUT2D eigenvalue weighted by atomic mass is 15.1. The van der Waals surface area contributed by atoms with Gasteiger partial charge in [0.25, 0.3) is 0 Å². The summed E-state index contributed by atoms with van der Waals surface area (Å²) in [5.41, 5.74) is 2.90. The van der Waals surface area contributed by atoms with Crippen LogP contribution in [0.15, 0.2) is 60.7 Å². The monoisotopic (exact) mass is 436 g/mol. The quantitative estimate of drug-likeness (QED) is 0.206. The predicted octanol–water partition coefficient (Wildman–Crippen LogP) is 7.93. The van der Waals surface area contributed by atoms with E-state index in [-0.39, 0.29) is 0 Å². The Kier molecular flexibility index (Phi) is 14.9. The fraction of sp³-hybridized carbons (Fsp3) is 0.600. The maximum absolute atomic E-state index is 2.68. The Labute approximate surface area is 199 Å². The van der Waals surface area contributed by atoms with Crippen molar-refractivity contribution in [3.8, 4) is 0 Å². The minimum atomic E-state index is 1.10. The van der Waals surface area contributed by atoms with Crippen LogP contribution in [-0.2, 0) is 13.1 Å². The molecular formula is C30H48N2. The molecule has 2 aromatic carbocycles. The van der Waals surface area contributed by atoms with E-state index in [0.29, 0.717) is 0 Å². The average molecular weight is 437 g/mol. The lowest BCUT2D eigenvalue weighted by atomic mass is 10.1. The molecule has 0 unspecified atom stereocenters. The van der Waals surface area contributed by atoms with Crippen molar-refractivity contribution in [2.75, 3.05) is 26.2 Å². The third-order valence-corrected chi connectivity index (χ3v) is 6.35. The lowest BCUT2D eigenvalue weighted by Crippen LogP contribution is -2.26. The van der Waals surface area contributed by atoms with E-state index < -0.39 is 0 Å². The van der Waals surface area contributed by atoms with Gasteiger partial charge in [0.05, 0.1) is 0 Å². The Morgan fingerprint density at radius 1 is 0.438 bits per heavy atom. The molecule has 0 aromatic heterocycles. The van der Waals surface area contributed by atoms with E-state index in [1.807, 2.05) is 0 Å². The Morgan fingerprint density at radius 2 is 0.781 bits per heavy atom. The van der Waals surface area contributed by atoms with Crippen LogP contribution in [0.5, 0.6) is 0 Å². The molecule has 0 radical (unpaired) electrons.